The van der Waals surface area contributed by atoms with E-state index in [1.54, 1.807) is 6.26 Å². The van der Waals surface area contributed by atoms with Crippen LogP contribution in [-0.2, 0) is 6.54 Å². The molecule has 0 aromatic carbocycles. The molecule has 2 aliphatic rings. The molecular formula is C21H38N6O. The van der Waals surface area contributed by atoms with Crippen molar-refractivity contribution in [3.05, 3.63) is 18.0 Å². The van der Waals surface area contributed by atoms with Crippen LogP contribution in [0.1, 0.15) is 45.2 Å². The summed E-state index contributed by atoms with van der Waals surface area (Å²) in [6.07, 6.45) is 6.84. The van der Waals surface area contributed by atoms with Gasteiger partial charge in [0.05, 0.1) is 5.69 Å². The third kappa shape index (κ3) is 6.78. The highest BCUT2D eigenvalue weighted by molar-refractivity contribution is 5.80. The highest BCUT2D eigenvalue weighted by atomic mass is 16.5. The van der Waals surface area contributed by atoms with Crippen LogP contribution in [0.2, 0.25) is 0 Å². The molecular weight excluding hydrogens is 352 g/mol. The van der Waals surface area contributed by atoms with Gasteiger partial charge in [0, 0.05) is 58.4 Å². The Morgan fingerprint density at radius 3 is 2.79 bits per heavy atom. The number of rotatable bonds is 8. The Hall–Kier alpha value is -1.60. The fourth-order valence-corrected chi connectivity index (χ4v) is 4.21. The van der Waals surface area contributed by atoms with E-state index < -0.39 is 0 Å². The molecule has 1 N–H and O–H groups in total. The molecule has 0 saturated carbocycles. The first-order chi connectivity index (χ1) is 13.7. The number of piperidine rings is 1. The molecule has 1 unspecified atom stereocenters. The summed E-state index contributed by atoms with van der Waals surface area (Å²) in [7, 11) is 0. The number of aromatic nitrogens is 1. The van der Waals surface area contributed by atoms with Gasteiger partial charge in [0.2, 0.25) is 0 Å². The number of likely N-dealkylation sites (tertiary alicyclic amines) is 1. The second-order valence-electron chi connectivity index (χ2n) is 8.24. The van der Waals surface area contributed by atoms with Crippen LogP contribution in [0.15, 0.2) is 21.8 Å². The minimum atomic E-state index is 0.868. The van der Waals surface area contributed by atoms with E-state index in [1.165, 1.54) is 45.3 Å². The molecule has 3 rings (SSSR count). The SMILES string of the molecule is CCNC(=NCCCCN1CCCC(C)C1)N1CCN(Cc2ccon2)CC1. The van der Waals surface area contributed by atoms with E-state index in [2.05, 4.69) is 39.0 Å². The quantitative estimate of drug-likeness (QED) is 0.417. The standard InChI is InChI=1S/C21H38N6O/c1-3-22-21(23-9-4-5-10-25-11-6-7-19(2)17-25)27-14-12-26(13-15-27)18-20-8-16-28-24-20/h8,16,19H,3-7,9-15,17-18H2,1-2H3,(H,22,23). The smallest absolute Gasteiger partial charge is 0.194 e. The number of piperazine rings is 1. The van der Waals surface area contributed by atoms with Gasteiger partial charge in [-0.1, -0.05) is 12.1 Å². The summed E-state index contributed by atoms with van der Waals surface area (Å²) in [5.74, 6) is 1.95. The van der Waals surface area contributed by atoms with Gasteiger partial charge in [-0.2, -0.15) is 0 Å². The molecule has 1 aromatic heterocycles. The molecule has 1 aromatic rings. The zero-order chi connectivity index (χ0) is 19.6. The lowest BCUT2D eigenvalue weighted by atomic mass is 10.0. The van der Waals surface area contributed by atoms with E-state index in [9.17, 15) is 0 Å². The predicted octanol–water partition coefficient (Wildman–Crippen LogP) is 2.27. The minimum absolute atomic E-state index is 0.868. The molecule has 2 aliphatic heterocycles. The van der Waals surface area contributed by atoms with Crippen LogP contribution in [0.25, 0.3) is 0 Å². The number of hydrogen-bond acceptors (Lipinski definition) is 5. The van der Waals surface area contributed by atoms with Crippen molar-refractivity contribution >= 4 is 5.96 Å². The first kappa shape index (κ1) is 21.1. The lowest BCUT2D eigenvalue weighted by molar-refractivity contribution is 0.169. The van der Waals surface area contributed by atoms with Gasteiger partial charge in [0.15, 0.2) is 5.96 Å². The molecule has 0 bridgehead atoms. The summed E-state index contributed by atoms with van der Waals surface area (Å²) >= 11 is 0. The van der Waals surface area contributed by atoms with Gasteiger partial charge in [-0.05, 0) is 51.6 Å². The summed E-state index contributed by atoms with van der Waals surface area (Å²) in [4.78, 5) is 12.4. The molecule has 7 heteroatoms. The van der Waals surface area contributed by atoms with Crippen LogP contribution in [0.4, 0.5) is 0 Å². The molecule has 0 radical (unpaired) electrons. The van der Waals surface area contributed by atoms with Crippen molar-refractivity contribution < 1.29 is 4.52 Å². The molecule has 2 fully saturated rings. The number of aliphatic imine (C=N–C) groups is 1. The Bertz CT molecular complexity index is 567. The number of guanidine groups is 1. The van der Waals surface area contributed by atoms with E-state index in [4.69, 9.17) is 9.52 Å². The van der Waals surface area contributed by atoms with Crippen LogP contribution in [0.5, 0.6) is 0 Å². The van der Waals surface area contributed by atoms with Crippen molar-refractivity contribution in [2.24, 2.45) is 10.9 Å². The second kappa shape index (κ2) is 11.4. The highest BCUT2D eigenvalue weighted by Gasteiger charge is 2.20. The van der Waals surface area contributed by atoms with E-state index in [0.717, 1.165) is 63.4 Å². The molecule has 0 spiro atoms. The van der Waals surface area contributed by atoms with Gasteiger partial charge in [0.25, 0.3) is 0 Å². The monoisotopic (exact) mass is 390 g/mol. The Labute approximate surface area is 170 Å². The Balaban J connectivity index is 1.36. The number of hydrogen-bond donors (Lipinski definition) is 1. The molecule has 3 heterocycles. The number of nitrogens with one attached hydrogen (secondary N) is 1. The number of unbranched alkanes of at least 4 members (excludes halogenated alkanes) is 1. The van der Waals surface area contributed by atoms with Crippen molar-refractivity contribution in [3.8, 4) is 0 Å². The summed E-state index contributed by atoms with van der Waals surface area (Å²) in [5.41, 5.74) is 1.01. The summed E-state index contributed by atoms with van der Waals surface area (Å²) in [6.45, 7) is 15.1. The first-order valence-corrected chi connectivity index (χ1v) is 11.1. The molecule has 158 valence electrons. The van der Waals surface area contributed by atoms with E-state index in [1.807, 2.05) is 6.07 Å². The lowest BCUT2D eigenvalue weighted by Crippen LogP contribution is -2.52. The molecule has 2 saturated heterocycles. The largest absolute Gasteiger partial charge is 0.364 e. The summed E-state index contributed by atoms with van der Waals surface area (Å²) < 4.78 is 4.94. The molecule has 28 heavy (non-hydrogen) atoms. The van der Waals surface area contributed by atoms with Crippen molar-refractivity contribution in [1.29, 1.82) is 0 Å². The van der Waals surface area contributed by atoms with Crippen LogP contribution >= 0.6 is 0 Å². The normalized spacial score (nSPS) is 22.6. The third-order valence-corrected chi connectivity index (χ3v) is 5.77. The fraction of sp³-hybridized carbons (Fsp3) is 0.810. The van der Waals surface area contributed by atoms with E-state index >= 15 is 0 Å². The third-order valence-electron chi connectivity index (χ3n) is 5.77. The fourth-order valence-electron chi connectivity index (χ4n) is 4.21. The van der Waals surface area contributed by atoms with Gasteiger partial charge < -0.3 is 19.6 Å². The van der Waals surface area contributed by atoms with Gasteiger partial charge >= 0.3 is 0 Å². The summed E-state index contributed by atoms with van der Waals surface area (Å²) in [5, 5.41) is 7.50. The Kier molecular flexibility index (Phi) is 8.61. The van der Waals surface area contributed by atoms with Gasteiger partial charge in [-0.3, -0.25) is 9.89 Å². The maximum Gasteiger partial charge on any atom is 0.194 e. The van der Waals surface area contributed by atoms with Gasteiger partial charge in [0.1, 0.15) is 6.26 Å². The van der Waals surface area contributed by atoms with E-state index in [0.29, 0.717) is 0 Å². The van der Waals surface area contributed by atoms with Gasteiger partial charge in [-0.15, -0.1) is 0 Å². The molecule has 0 aliphatic carbocycles. The van der Waals surface area contributed by atoms with Crippen LogP contribution in [0, 0.1) is 5.92 Å². The average molecular weight is 391 g/mol. The maximum absolute atomic E-state index is 4.94. The van der Waals surface area contributed by atoms with Crippen LogP contribution in [-0.4, -0.2) is 84.7 Å². The van der Waals surface area contributed by atoms with Crippen molar-refractivity contribution in [3.63, 3.8) is 0 Å². The predicted molar refractivity (Wildman–Crippen MR) is 113 cm³/mol. The maximum atomic E-state index is 4.94. The van der Waals surface area contributed by atoms with E-state index in [-0.39, 0.29) is 0 Å². The topological polar surface area (TPSA) is 60.1 Å². The Morgan fingerprint density at radius 1 is 1.21 bits per heavy atom. The Morgan fingerprint density at radius 2 is 2.07 bits per heavy atom. The zero-order valence-electron chi connectivity index (χ0n) is 17.8. The van der Waals surface area contributed by atoms with Crippen molar-refractivity contribution in [1.82, 2.24) is 25.2 Å². The first-order valence-electron chi connectivity index (χ1n) is 11.1. The second-order valence-corrected chi connectivity index (χ2v) is 8.24. The zero-order valence-corrected chi connectivity index (χ0v) is 17.8. The van der Waals surface area contributed by atoms with Crippen molar-refractivity contribution in [2.45, 2.75) is 46.1 Å². The molecule has 7 nitrogen and oxygen atoms in total. The average Bonchev–Trinajstić information content (AvgIpc) is 3.21. The van der Waals surface area contributed by atoms with Crippen molar-refractivity contribution in [2.75, 3.05) is 58.9 Å². The van der Waals surface area contributed by atoms with Crippen LogP contribution < -0.4 is 5.32 Å². The lowest BCUT2D eigenvalue weighted by Gasteiger charge is -2.36. The molecule has 1 atom stereocenters. The van der Waals surface area contributed by atoms with Gasteiger partial charge in [-0.25, -0.2) is 0 Å². The molecule has 0 amide bonds. The number of nitrogens with zero attached hydrogens (tertiary/aromatic N) is 5. The van der Waals surface area contributed by atoms with Crippen LogP contribution in [0.3, 0.4) is 0 Å². The minimum Gasteiger partial charge on any atom is -0.364 e. The summed E-state index contributed by atoms with van der Waals surface area (Å²) in [6, 6.07) is 1.95. The highest BCUT2D eigenvalue weighted by Crippen LogP contribution is 2.15.